The number of nitrogens with zero attached hydrogens (tertiary/aromatic N) is 4. The largest absolute Gasteiger partial charge is 0.481 e. The zero-order valence-corrected chi connectivity index (χ0v) is 16.3. The molecule has 6 nitrogen and oxygen atoms in total. The molecule has 7 heteroatoms. The van der Waals surface area contributed by atoms with Crippen LogP contribution in [0, 0.1) is 11.3 Å². The van der Waals surface area contributed by atoms with Crippen molar-refractivity contribution in [1.82, 2.24) is 14.8 Å². The molecule has 3 aromatic rings. The van der Waals surface area contributed by atoms with Crippen molar-refractivity contribution < 1.29 is 9.90 Å². The van der Waals surface area contributed by atoms with Crippen molar-refractivity contribution >= 4 is 17.6 Å². The Morgan fingerprint density at radius 1 is 1.21 bits per heavy atom. The minimum atomic E-state index is -0.833. The van der Waals surface area contributed by atoms with E-state index in [2.05, 4.69) is 16.2 Å². The van der Waals surface area contributed by atoms with Crippen LogP contribution >= 0.6 is 11.6 Å². The molecule has 0 saturated heterocycles. The smallest absolute Gasteiger partial charge is 0.300 e. The molecule has 28 heavy (non-hydrogen) atoms. The van der Waals surface area contributed by atoms with Gasteiger partial charge in [0.1, 0.15) is 18.1 Å². The standard InChI is InChI=1S/C19H17ClN4.C2H4O2/c20-18-8-6-16(7-9-18)10-11-19(12-21,13-24-15-22-14-23-24)17-4-2-1-3-5-17;1-2(3)4/h1-9,14-15H,10-11,13H2;1H3,(H,3,4). The number of carboxylic acid groups (broad SMARTS) is 1. The normalized spacial score (nSPS) is 12.2. The lowest BCUT2D eigenvalue weighted by Gasteiger charge is -2.27. The van der Waals surface area contributed by atoms with Crippen LogP contribution in [-0.2, 0) is 23.2 Å². The molecular weight excluding hydrogens is 376 g/mol. The second kappa shape index (κ2) is 10.2. The van der Waals surface area contributed by atoms with Gasteiger partial charge in [-0.05, 0) is 36.1 Å². The zero-order valence-electron chi connectivity index (χ0n) is 15.5. The number of hydrogen-bond donors (Lipinski definition) is 1. The summed E-state index contributed by atoms with van der Waals surface area (Å²) in [5, 5.41) is 22.3. The molecule has 0 saturated carbocycles. The molecule has 144 valence electrons. The Hall–Kier alpha value is -3.17. The minimum absolute atomic E-state index is 0.473. The van der Waals surface area contributed by atoms with Gasteiger partial charge in [-0.25, -0.2) is 4.98 Å². The maximum atomic E-state index is 10.0. The van der Waals surface area contributed by atoms with E-state index in [4.69, 9.17) is 21.5 Å². The van der Waals surface area contributed by atoms with Crippen molar-refractivity contribution in [3.63, 3.8) is 0 Å². The maximum Gasteiger partial charge on any atom is 0.300 e. The maximum absolute atomic E-state index is 10.0. The van der Waals surface area contributed by atoms with Gasteiger partial charge in [-0.15, -0.1) is 0 Å². The molecule has 1 aromatic heterocycles. The van der Waals surface area contributed by atoms with E-state index in [9.17, 15) is 5.26 Å². The van der Waals surface area contributed by atoms with Crippen LogP contribution in [0.4, 0.5) is 0 Å². The Balaban J connectivity index is 0.000000640. The first-order chi connectivity index (χ1) is 13.4. The number of aryl methyl sites for hydroxylation is 1. The summed E-state index contributed by atoms with van der Waals surface area (Å²) in [7, 11) is 0. The van der Waals surface area contributed by atoms with E-state index in [0.717, 1.165) is 29.5 Å². The van der Waals surface area contributed by atoms with Gasteiger partial charge in [0, 0.05) is 11.9 Å². The van der Waals surface area contributed by atoms with Crippen molar-refractivity contribution in [3.8, 4) is 6.07 Å². The number of nitriles is 1. The first-order valence-electron chi connectivity index (χ1n) is 8.68. The van der Waals surface area contributed by atoms with Crippen LogP contribution in [0.25, 0.3) is 0 Å². The predicted octanol–water partition coefficient (Wildman–Crippen LogP) is 4.12. The predicted molar refractivity (Wildman–Crippen MR) is 107 cm³/mol. The van der Waals surface area contributed by atoms with E-state index in [1.165, 1.54) is 6.33 Å². The number of rotatable bonds is 6. The summed E-state index contributed by atoms with van der Waals surface area (Å²) in [6.45, 7) is 1.56. The van der Waals surface area contributed by atoms with Gasteiger partial charge in [-0.1, -0.05) is 54.1 Å². The van der Waals surface area contributed by atoms with Gasteiger partial charge in [-0.3, -0.25) is 9.48 Å². The molecular formula is C21H21ClN4O2. The molecule has 3 rings (SSSR count). The first kappa shape index (κ1) is 21.1. The first-order valence-corrected chi connectivity index (χ1v) is 9.06. The molecule has 0 aliphatic rings. The topological polar surface area (TPSA) is 91.8 Å². The van der Waals surface area contributed by atoms with E-state index in [1.54, 1.807) is 11.0 Å². The highest BCUT2D eigenvalue weighted by Crippen LogP contribution is 2.31. The lowest BCUT2D eigenvalue weighted by molar-refractivity contribution is -0.134. The summed E-state index contributed by atoms with van der Waals surface area (Å²) in [5.41, 5.74) is 1.50. The van der Waals surface area contributed by atoms with Crippen LogP contribution in [-0.4, -0.2) is 25.8 Å². The van der Waals surface area contributed by atoms with Crippen LogP contribution in [0.1, 0.15) is 24.5 Å². The monoisotopic (exact) mass is 396 g/mol. The minimum Gasteiger partial charge on any atom is -0.481 e. The molecule has 1 N–H and O–H groups in total. The fourth-order valence-electron chi connectivity index (χ4n) is 2.83. The number of hydrogen-bond acceptors (Lipinski definition) is 4. The van der Waals surface area contributed by atoms with Gasteiger partial charge in [-0.2, -0.15) is 10.4 Å². The Morgan fingerprint density at radius 3 is 2.39 bits per heavy atom. The molecule has 2 aromatic carbocycles. The Labute approximate surface area is 169 Å². The summed E-state index contributed by atoms with van der Waals surface area (Å²) in [4.78, 5) is 13.0. The van der Waals surface area contributed by atoms with Gasteiger partial charge >= 0.3 is 0 Å². The third kappa shape index (κ3) is 6.22. The fourth-order valence-corrected chi connectivity index (χ4v) is 2.95. The summed E-state index contributed by atoms with van der Waals surface area (Å²) < 4.78 is 1.72. The van der Waals surface area contributed by atoms with Crippen LogP contribution in [0.15, 0.2) is 67.3 Å². The van der Waals surface area contributed by atoms with E-state index < -0.39 is 11.4 Å². The van der Waals surface area contributed by atoms with Gasteiger partial charge in [0.05, 0.1) is 12.6 Å². The van der Waals surface area contributed by atoms with Gasteiger partial charge in [0.2, 0.25) is 0 Å². The molecule has 0 aliphatic heterocycles. The molecule has 1 heterocycles. The number of benzene rings is 2. The van der Waals surface area contributed by atoms with E-state index in [-0.39, 0.29) is 0 Å². The van der Waals surface area contributed by atoms with Crippen LogP contribution < -0.4 is 0 Å². The number of carboxylic acids is 1. The fraction of sp³-hybridized carbons (Fsp3) is 0.238. The van der Waals surface area contributed by atoms with Crippen LogP contribution in [0.2, 0.25) is 5.02 Å². The highest BCUT2D eigenvalue weighted by Gasteiger charge is 2.33. The van der Waals surface area contributed by atoms with Crippen LogP contribution in [0.3, 0.4) is 0 Å². The van der Waals surface area contributed by atoms with Crippen molar-refractivity contribution in [2.45, 2.75) is 31.7 Å². The number of halogens is 1. The molecule has 0 spiro atoms. The SMILES string of the molecule is CC(=O)O.N#CC(CCc1ccc(Cl)cc1)(Cn1cncn1)c1ccccc1. The molecule has 1 atom stereocenters. The summed E-state index contributed by atoms with van der Waals surface area (Å²) >= 11 is 5.95. The van der Waals surface area contributed by atoms with E-state index in [1.807, 2.05) is 54.6 Å². The summed E-state index contributed by atoms with van der Waals surface area (Å²) in [5.74, 6) is -0.833. The second-order valence-electron chi connectivity index (χ2n) is 6.30. The average Bonchev–Trinajstić information content (AvgIpc) is 3.20. The zero-order chi connectivity index (χ0) is 20.4. The van der Waals surface area contributed by atoms with Gasteiger partial charge in [0.25, 0.3) is 5.97 Å². The number of carbonyl (C=O) groups is 1. The Bertz CT molecular complexity index is 902. The van der Waals surface area contributed by atoms with Gasteiger partial charge < -0.3 is 5.11 Å². The lowest BCUT2D eigenvalue weighted by Crippen LogP contribution is -2.31. The van der Waals surface area contributed by atoms with Crippen molar-refractivity contribution in [2.75, 3.05) is 0 Å². The van der Waals surface area contributed by atoms with Crippen molar-refractivity contribution in [1.29, 1.82) is 5.26 Å². The highest BCUT2D eigenvalue weighted by atomic mass is 35.5. The summed E-state index contributed by atoms with van der Waals surface area (Å²) in [6, 6.07) is 20.2. The second-order valence-corrected chi connectivity index (χ2v) is 6.73. The Kier molecular flexibility index (Phi) is 7.73. The van der Waals surface area contributed by atoms with Crippen LogP contribution in [0.5, 0.6) is 0 Å². The molecule has 0 fully saturated rings. The molecule has 0 aliphatic carbocycles. The Morgan fingerprint density at radius 2 is 1.86 bits per heavy atom. The lowest BCUT2D eigenvalue weighted by atomic mass is 9.77. The summed E-state index contributed by atoms with van der Waals surface area (Å²) in [6.07, 6.45) is 4.62. The number of aliphatic carboxylic acids is 1. The molecule has 0 amide bonds. The highest BCUT2D eigenvalue weighted by molar-refractivity contribution is 6.30. The van der Waals surface area contributed by atoms with Crippen molar-refractivity contribution in [3.05, 3.63) is 83.4 Å². The molecule has 0 radical (unpaired) electrons. The van der Waals surface area contributed by atoms with Crippen molar-refractivity contribution in [2.24, 2.45) is 0 Å². The molecule has 0 bridgehead atoms. The third-order valence-electron chi connectivity index (χ3n) is 4.19. The quantitative estimate of drug-likeness (QED) is 0.676. The van der Waals surface area contributed by atoms with E-state index >= 15 is 0 Å². The molecule has 1 unspecified atom stereocenters. The average molecular weight is 397 g/mol. The number of aromatic nitrogens is 3. The van der Waals surface area contributed by atoms with Gasteiger partial charge in [0.15, 0.2) is 0 Å². The third-order valence-corrected chi connectivity index (χ3v) is 4.44. The van der Waals surface area contributed by atoms with E-state index in [0.29, 0.717) is 13.0 Å².